The maximum atomic E-state index is 11.8. The van der Waals surface area contributed by atoms with Gasteiger partial charge in [-0.1, -0.05) is 38.5 Å². The Bertz CT molecular complexity index is 213. The van der Waals surface area contributed by atoms with E-state index in [1.54, 1.807) is 0 Å². The van der Waals surface area contributed by atoms with Crippen molar-refractivity contribution >= 4 is 5.97 Å². The molecule has 2 rings (SSSR count). The Morgan fingerprint density at radius 1 is 0.875 bits per heavy atom. The fourth-order valence-corrected chi connectivity index (χ4v) is 2.87. The van der Waals surface area contributed by atoms with Crippen molar-refractivity contribution in [1.29, 1.82) is 0 Å². The highest BCUT2D eigenvalue weighted by Gasteiger charge is 2.24. The number of ether oxygens (including phenoxy) is 1. The highest BCUT2D eigenvalue weighted by atomic mass is 16.5. The van der Waals surface area contributed by atoms with E-state index >= 15 is 0 Å². The second-order valence-corrected chi connectivity index (χ2v) is 5.31. The first-order valence-corrected chi connectivity index (χ1v) is 6.90. The van der Waals surface area contributed by atoms with Gasteiger partial charge in [-0.25, -0.2) is 0 Å². The summed E-state index contributed by atoms with van der Waals surface area (Å²) in [6.07, 6.45) is 12.1. The summed E-state index contributed by atoms with van der Waals surface area (Å²) in [5, 5.41) is 0. The van der Waals surface area contributed by atoms with Gasteiger partial charge in [0, 0.05) is 0 Å². The minimum atomic E-state index is 0.0327. The number of carbonyl (C=O) groups excluding carboxylic acids is 1. The third-order valence-electron chi connectivity index (χ3n) is 3.96. The van der Waals surface area contributed by atoms with E-state index in [-0.39, 0.29) is 11.9 Å². The third-order valence-corrected chi connectivity index (χ3v) is 3.96. The van der Waals surface area contributed by atoms with Crippen LogP contribution in [0.1, 0.15) is 64.2 Å². The first-order valence-electron chi connectivity index (χ1n) is 6.90. The van der Waals surface area contributed by atoms with Crippen LogP contribution in [0.15, 0.2) is 0 Å². The Morgan fingerprint density at radius 3 is 2.06 bits per heavy atom. The van der Waals surface area contributed by atoms with Crippen LogP contribution in [0.3, 0.4) is 0 Å². The molecule has 2 aliphatic carbocycles. The summed E-state index contributed by atoms with van der Waals surface area (Å²) < 4.78 is 5.36. The second kappa shape index (κ2) is 6.27. The molecule has 0 heterocycles. The van der Waals surface area contributed by atoms with Crippen molar-refractivity contribution in [3.63, 3.8) is 0 Å². The van der Waals surface area contributed by atoms with Crippen LogP contribution in [0.25, 0.3) is 0 Å². The molecule has 0 spiro atoms. The van der Waals surface area contributed by atoms with E-state index < -0.39 is 0 Å². The molecule has 2 saturated carbocycles. The molecule has 2 aliphatic rings. The number of esters is 1. The second-order valence-electron chi connectivity index (χ2n) is 5.31. The molecule has 16 heavy (non-hydrogen) atoms. The molecule has 0 aromatic heterocycles. The van der Waals surface area contributed by atoms with E-state index in [1.807, 2.05) is 6.61 Å². The molecule has 0 saturated heterocycles. The maximum Gasteiger partial charge on any atom is 0.309 e. The monoisotopic (exact) mass is 223 g/mol. The predicted octanol–water partition coefficient (Wildman–Crippen LogP) is 3.85. The first-order chi connectivity index (χ1) is 7.86. The predicted molar refractivity (Wildman–Crippen MR) is 63.5 cm³/mol. The Labute approximate surface area is 98.7 Å². The Hall–Kier alpha value is -0.530. The molecule has 2 heteroatoms. The summed E-state index contributed by atoms with van der Waals surface area (Å²) in [6, 6.07) is 0. The standard InChI is InChI=1S/C14H23O2/c15-14(13-9-5-2-6-10-13)16-11-12-7-3-1-4-8-12/h11-13H,1-10H2. The van der Waals surface area contributed by atoms with Crippen LogP contribution in [0.2, 0.25) is 0 Å². The van der Waals surface area contributed by atoms with E-state index in [9.17, 15) is 4.79 Å². The Balaban J connectivity index is 1.65. The molecule has 2 nitrogen and oxygen atoms in total. The highest BCUT2D eigenvalue weighted by molar-refractivity contribution is 5.72. The first kappa shape index (κ1) is 11.9. The van der Waals surface area contributed by atoms with Crippen molar-refractivity contribution in [2.45, 2.75) is 64.2 Å². The van der Waals surface area contributed by atoms with Gasteiger partial charge in [-0.15, -0.1) is 0 Å². The van der Waals surface area contributed by atoms with Crippen LogP contribution >= 0.6 is 0 Å². The summed E-state index contributed by atoms with van der Waals surface area (Å²) >= 11 is 0. The van der Waals surface area contributed by atoms with Crippen molar-refractivity contribution in [2.75, 3.05) is 0 Å². The number of carbonyl (C=O) groups is 1. The van der Waals surface area contributed by atoms with Crippen LogP contribution in [-0.2, 0) is 9.53 Å². The number of rotatable bonds is 3. The SMILES string of the molecule is O=C(O[CH]C1CCCCC1)C1CCCCC1. The molecule has 0 amide bonds. The fraction of sp³-hybridized carbons (Fsp3) is 0.857. The smallest absolute Gasteiger partial charge is 0.309 e. The maximum absolute atomic E-state index is 11.8. The van der Waals surface area contributed by atoms with E-state index in [0.717, 1.165) is 12.8 Å². The van der Waals surface area contributed by atoms with Crippen molar-refractivity contribution < 1.29 is 9.53 Å². The Kier molecular flexibility index (Phi) is 4.68. The minimum Gasteiger partial charge on any atom is -0.458 e. The van der Waals surface area contributed by atoms with E-state index in [2.05, 4.69) is 0 Å². The number of hydrogen-bond donors (Lipinski definition) is 0. The molecule has 0 aromatic rings. The van der Waals surface area contributed by atoms with Gasteiger partial charge in [0.1, 0.15) is 6.61 Å². The third kappa shape index (κ3) is 3.50. The summed E-state index contributed by atoms with van der Waals surface area (Å²) in [6.45, 7) is 1.83. The van der Waals surface area contributed by atoms with Gasteiger partial charge in [0.2, 0.25) is 0 Å². The van der Waals surface area contributed by atoms with Gasteiger partial charge in [0.05, 0.1) is 5.92 Å². The van der Waals surface area contributed by atoms with Gasteiger partial charge in [-0.3, -0.25) is 4.79 Å². The minimum absolute atomic E-state index is 0.0327. The van der Waals surface area contributed by atoms with E-state index in [4.69, 9.17) is 4.74 Å². The van der Waals surface area contributed by atoms with Crippen LogP contribution in [0.5, 0.6) is 0 Å². The van der Waals surface area contributed by atoms with Crippen molar-refractivity contribution in [3.05, 3.63) is 6.61 Å². The largest absolute Gasteiger partial charge is 0.458 e. The summed E-state index contributed by atoms with van der Waals surface area (Å²) in [4.78, 5) is 11.8. The molecule has 0 aromatic carbocycles. The molecule has 0 aliphatic heterocycles. The zero-order valence-electron chi connectivity index (χ0n) is 10.1. The van der Waals surface area contributed by atoms with Crippen molar-refractivity contribution in [2.24, 2.45) is 11.8 Å². The molecule has 0 atom stereocenters. The Morgan fingerprint density at radius 2 is 1.44 bits per heavy atom. The van der Waals surface area contributed by atoms with E-state index in [1.165, 1.54) is 51.4 Å². The molecule has 0 N–H and O–H groups in total. The van der Waals surface area contributed by atoms with Crippen molar-refractivity contribution in [3.8, 4) is 0 Å². The lowest BCUT2D eigenvalue weighted by atomic mass is 9.89. The van der Waals surface area contributed by atoms with Gasteiger partial charge in [-0.05, 0) is 31.6 Å². The fourth-order valence-electron chi connectivity index (χ4n) is 2.87. The van der Waals surface area contributed by atoms with E-state index in [0.29, 0.717) is 5.92 Å². The summed E-state index contributed by atoms with van der Waals surface area (Å²) in [5.41, 5.74) is 0. The van der Waals surface area contributed by atoms with Crippen LogP contribution < -0.4 is 0 Å². The lowest BCUT2D eigenvalue weighted by Gasteiger charge is -2.23. The average molecular weight is 223 g/mol. The normalized spacial score (nSPS) is 24.2. The molecular weight excluding hydrogens is 200 g/mol. The molecule has 0 unspecified atom stereocenters. The van der Waals surface area contributed by atoms with Gasteiger partial charge in [0.25, 0.3) is 0 Å². The quantitative estimate of drug-likeness (QED) is 0.679. The summed E-state index contributed by atoms with van der Waals surface area (Å²) in [7, 11) is 0. The van der Waals surface area contributed by atoms with Crippen LogP contribution in [0, 0.1) is 18.4 Å². The molecule has 1 radical (unpaired) electrons. The number of hydrogen-bond acceptors (Lipinski definition) is 2. The lowest BCUT2D eigenvalue weighted by molar-refractivity contribution is -0.147. The molecular formula is C14H23O2. The summed E-state index contributed by atoms with van der Waals surface area (Å²) in [5.74, 6) is 0.750. The lowest BCUT2D eigenvalue weighted by Crippen LogP contribution is -2.21. The topological polar surface area (TPSA) is 26.3 Å². The van der Waals surface area contributed by atoms with Gasteiger partial charge < -0.3 is 4.74 Å². The van der Waals surface area contributed by atoms with Crippen LogP contribution in [-0.4, -0.2) is 5.97 Å². The van der Waals surface area contributed by atoms with Gasteiger partial charge in [-0.2, -0.15) is 0 Å². The zero-order chi connectivity index (χ0) is 11.2. The highest BCUT2D eigenvalue weighted by Crippen LogP contribution is 2.28. The molecule has 91 valence electrons. The zero-order valence-corrected chi connectivity index (χ0v) is 10.1. The molecule has 2 fully saturated rings. The van der Waals surface area contributed by atoms with Crippen molar-refractivity contribution in [1.82, 2.24) is 0 Å². The van der Waals surface area contributed by atoms with Crippen LogP contribution in [0.4, 0.5) is 0 Å². The molecule has 0 bridgehead atoms. The average Bonchev–Trinajstić information content (AvgIpc) is 2.38. The van der Waals surface area contributed by atoms with Gasteiger partial charge in [0.15, 0.2) is 0 Å². The van der Waals surface area contributed by atoms with Gasteiger partial charge >= 0.3 is 5.97 Å².